The van der Waals surface area contributed by atoms with Gasteiger partial charge in [-0.15, -0.1) is 11.3 Å². The standard InChI is InChI=1S/C21H13ClN4O3S2/c22-12-6-7-17-23-14(8-18(27)26(17)10-12)11-29-20(28)16-9-15-19(30-16)25-21(31-15)24-13-4-2-1-3-5-13/h1-10H,11H2,(H,24,25). The van der Waals surface area contributed by atoms with Gasteiger partial charge in [0, 0.05) is 18.0 Å². The largest absolute Gasteiger partial charge is 0.455 e. The number of hydrogen-bond acceptors (Lipinski definition) is 8. The summed E-state index contributed by atoms with van der Waals surface area (Å²) >= 11 is 8.64. The molecule has 0 aliphatic rings. The van der Waals surface area contributed by atoms with Crippen molar-refractivity contribution in [1.29, 1.82) is 0 Å². The van der Waals surface area contributed by atoms with Crippen LogP contribution in [0.3, 0.4) is 0 Å². The number of pyridine rings is 1. The molecular weight excluding hydrogens is 456 g/mol. The molecule has 7 nitrogen and oxygen atoms in total. The molecule has 4 aromatic heterocycles. The smallest absolute Gasteiger partial charge is 0.348 e. The molecule has 5 aromatic rings. The monoisotopic (exact) mass is 468 g/mol. The van der Waals surface area contributed by atoms with Gasteiger partial charge < -0.3 is 10.1 Å². The first-order valence-corrected chi connectivity index (χ1v) is 11.1. The molecule has 5 rings (SSSR count). The second kappa shape index (κ2) is 8.10. The van der Waals surface area contributed by atoms with Crippen LogP contribution in [0.2, 0.25) is 5.02 Å². The number of carbonyl (C=O) groups is 1. The van der Waals surface area contributed by atoms with Crippen molar-refractivity contribution in [3.8, 4) is 0 Å². The summed E-state index contributed by atoms with van der Waals surface area (Å²) in [5, 5.41) is 4.44. The molecule has 0 atom stereocenters. The summed E-state index contributed by atoms with van der Waals surface area (Å²) in [7, 11) is 0. The van der Waals surface area contributed by atoms with Gasteiger partial charge in [-0.25, -0.2) is 14.8 Å². The van der Waals surface area contributed by atoms with Crippen molar-refractivity contribution >= 4 is 66.2 Å². The minimum Gasteiger partial charge on any atom is -0.455 e. The van der Waals surface area contributed by atoms with Gasteiger partial charge in [-0.2, -0.15) is 0 Å². The van der Waals surface area contributed by atoms with Gasteiger partial charge in [0.1, 0.15) is 22.0 Å². The summed E-state index contributed by atoms with van der Waals surface area (Å²) < 4.78 is 7.60. The second-order valence-electron chi connectivity index (χ2n) is 6.53. The van der Waals surface area contributed by atoms with Crippen LogP contribution in [0.5, 0.6) is 0 Å². The third kappa shape index (κ3) is 4.15. The maximum Gasteiger partial charge on any atom is 0.348 e. The molecule has 0 saturated carbocycles. The van der Waals surface area contributed by atoms with Crippen LogP contribution in [0, 0.1) is 0 Å². The average Bonchev–Trinajstić information content (AvgIpc) is 3.32. The number of carbonyl (C=O) groups excluding carboxylic acids is 1. The number of hydrogen-bond donors (Lipinski definition) is 1. The van der Waals surface area contributed by atoms with Crippen LogP contribution in [-0.2, 0) is 11.3 Å². The Kier molecular flexibility index (Phi) is 5.14. The Morgan fingerprint density at radius 1 is 1.10 bits per heavy atom. The number of benzene rings is 1. The zero-order valence-corrected chi connectivity index (χ0v) is 18.1. The fourth-order valence-corrected chi connectivity index (χ4v) is 5.14. The minimum absolute atomic E-state index is 0.104. The summed E-state index contributed by atoms with van der Waals surface area (Å²) in [6, 6.07) is 16.1. The lowest BCUT2D eigenvalue weighted by Gasteiger charge is -2.05. The predicted molar refractivity (Wildman–Crippen MR) is 123 cm³/mol. The van der Waals surface area contributed by atoms with Crippen molar-refractivity contribution in [3.63, 3.8) is 0 Å². The van der Waals surface area contributed by atoms with Crippen LogP contribution < -0.4 is 10.9 Å². The Balaban J connectivity index is 1.29. The number of aromatic nitrogens is 3. The highest BCUT2D eigenvalue weighted by Gasteiger charge is 2.16. The molecule has 0 radical (unpaired) electrons. The molecular formula is C21H13ClN4O3S2. The van der Waals surface area contributed by atoms with Gasteiger partial charge in [-0.1, -0.05) is 41.1 Å². The van der Waals surface area contributed by atoms with E-state index in [1.807, 2.05) is 30.3 Å². The Morgan fingerprint density at radius 2 is 1.94 bits per heavy atom. The fourth-order valence-electron chi connectivity index (χ4n) is 2.94. The highest BCUT2D eigenvalue weighted by atomic mass is 35.5. The second-order valence-corrected chi connectivity index (χ2v) is 9.03. The average molecular weight is 469 g/mol. The van der Waals surface area contributed by atoms with Crippen LogP contribution in [-0.4, -0.2) is 20.3 Å². The number of fused-ring (bicyclic) bond motifs is 2. The number of ether oxygens (including phenoxy) is 1. The summed E-state index contributed by atoms with van der Waals surface area (Å²) in [4.78, 5) is 34.8. The molecule has 1 N–H and O–H groups in total. The molecule has 0 saturated heterocycles. The predicted octanol–water partition coefficient (Wildman–Crippen LogP) is 5.12. The third-order valence-electron chi connectivity index (χ3n) is 4.34. The molecule has 1 aromatic carbocycles. The molecule has 31 heavy (non-hydrogen) atoms. The maximum atomic E-state index is 12.5. The van der Waals surface area contributed by atoms with E-state index in [9.17, 15) is 9.59 Å². The van der Waals surface area contributed by atoms with Gasteiger partial charge in [0.05, 0.1) is 15.4 Å². The van der Waals surface area contributed by atoms with Gasteiger partial charge in [0.15, 0.2) is 5.13 Å². The molecule has 0 bridgehead atoms. The van der Waals surface area contributed by atoms with Crippen LogP contribution in [0.1, 0.15) is 15.4 Å². The van der Waals surface area contributed by atoms with Gasteiger partial charge in [0.2, 0.25) is 0 Å². The van der Waals surface area contributed by atoms with Crippen molar-refractivity contribution in [3.05, 3.63) is 86.7 Å². The van der Waals surface area contributed by atoms with E-state index in [2.05, 4.69) is 15.3 Å². The zero-order valence-electron chi connectivity index (χ0n) is 15.7. The van der Waals surface area contributed by atoms with Gasteiger partial charge in [-0.3, -0.25) is 9.20 Å². The number of halogens is 1. The van der Waals surface area contributed by atoms with E-state index < -0.39 is 5.97 Å². The minimum atomic E-state index is -0.481. The summed E-state index contributed by atoms with van der Waals surface area (Å²) in [5.41, 5.74) is 1.45. The number of nitrogens with zero attached hydrogens (tertiary/aromatic N) is 3. The number of nitrogens with one attached hydrogen (secondary N) is 1. The Bertz CT molecular complexity index is 1450. The number of thiophene rings is 1. The fraction of sp³-hybridized carbons (Fsp3) is 0.0476. The number of para-hydroxylation sites is 1. The molecule has 154 valence electrons. The number of esters is 1. The lowest BCUT2D eigenvalue weighted by molar-refractivity contribution is 0.0473. The molecule has 0 amide bonds. The Morgan fingerprint density at radius 3 is 2.74 bits per heavy atom. The summed E-state index contributed by atoms with van der Waals surface area (Å²) in [5.74, 6) is -0.481. The summed E-state index contributed by atoms with van der Waals surface area (Å²) in [6.07, 6.45) is 1.49. The molecule has 0 aliphatic carbocycles. The first kappa shape index (κ1) is 19.7. The molecule has 0 aliphatic heterocycles. The van der Waals surface area contributed by atoms with E-state index in [0.717, 1.165) is 20.3 Å². The van der Waals surface area contributed by atoms with Crippen LogP contribution in [0.4, 0.5) is 10.8 Å². The van der Waals surface area contributed by atoms with E-state index in [0.29, 0.717) is 21.2 Å². The number of rotatable bonds is 5. The molecule has 0 unspecified atom stereocenters. The highest BCUT2D eigenvalue weighted by molar-refractivity contribution is 7.29. The quantitative estimate of drug-likeness (QED) is 0.360. The van der Waals surface area contributed by atoms with Gasteiger partial charge in [-0.05, 0) is 30.3 Å². The van der Waals surface area contributed by atoms with Crippen molar-refractivity contribution in [2.24, 2.45) is 0 Å². The number of anilines is 2. The first-order valence-electron chi connectivity index (χ1n) is 9.12. The van der Waals surface area contributed by atoms with E-state index >= 15 is 0 Å². The number of thiazole rings is 1. The lowest BCUT2D eigenvalue weighted by atomic mass is 10.3. The van der Waals surface area contributed by atoms with E-state index in [1.165, 1.54) is 39.3 Å². The lowest BCUT2D eigenvalue weighted by Crippen LogP contribution is -2.16. The molecule has 4 heterocycles. The van der Waals surface area contributed by atoms with Gasteiger partial charge in [0.25, 0.3) is 5.56 Å². The van der Waals surface area contributed by atoms with E-state index in [1.54, 1.807) is 18.2 Å². The van der Waals surface area contributed by atoms with Crippen molar-refractivity contribution < 1.29 is 9.53 Å². The van der Waals surface area contributed by atoms with E-state index in [-0.39, 0.29) is 12.2 Å². The molecule has 0 fully saturated rings. The molecule has 0 spiro atoms. The van der Waals surface area contributed by atoms with Crippen LogP contribution >= 0.6 is 34.3 Å². The third-order valence-corrected chi connectivity index (χ3v) is 6.62. The summed E-state index contributed by atoms with van der Waals surface area (Å²) in [6.45, 7) is -0.104. The van der Waals surface area contributed by atoms with Crippen LogP contribution in [0.25, 0.3) is 15.2 Å². The van der Waals surface area contributed by atoms with Crippen molar-refractivity contribution in [2.45, 2.75) is 6.61 Å². The van der Waals surface area contributed by atoms with E-state index in [4.69, 9.17) is 16.3 Å². The first-order chi connectivity index (χ1) is 15.0. The highest BCUT2D eigenvalue weighted by Crippen LogP contribution is 2.34. The maximum absolute atomic E-state index is 12.5. The van der Waals surface area contributed by atoms with Crippen molar-refractivity contribution in [1.82, 2.24) is 14.4 Å². The Hall–Kier alpha value is -3.27. The SMILES string of the molecule is O=C(OCc1cc(=O)n2cc(Cl)ccc2n1)c1cc2sc(Nc3ccccc3)nc2s1. The normalized spacial score (nSPS) is 11.1. The zero-order chi connectivity index (χ0) is 21.4. The van der Waals surface area contributed by atoms with Crippen LogP contribution in [0.15, 0.2) is 65.6 Å². The Labute approximate surface area is 188 Å². The molecule has 10 heteroatoms. The topological polar surface area (TPSA) is 85.6 Å². The van der Waals surface area contributed by atoms with Gasteiger partial charge >= 0.3 is 5.97 Å². The van der Waals surface area contributed by atoms with Crippen molar-refractivity contribution in [2.75, 3.05) is 5.32 Å².